The molecule has 0 heterocycles. The topological polar surface area (TPSA) is 52.6 Å². The molecule has 0 spiro atoms. The maximum atomic E-state index is 13.7. The molecule has 258 valence electrons. The minimum absolute atomic E-state index is 0.144. The van der Waals surface area contributed by atoms with E-state index in [9.17, 15) is 9.59 Å². The largest absolute Gasteiger partial charge is 0.425 e. The molecule has 4 heteroatoms. The van der Waals surface area contributed by atoms with Crippen LogP contribution in [0, 0.1) is 25.7 Å². The zero-order chi connectivity index (χ0) is 35.4. The zero-order valence-electron chi connectivity index (χ0n) is 30.5. The van der Waals surface area contributed by atoms with Crippen LogP contribution in [-0.2, 0) is 9.59 Å². The van der Waals surface area contributed by atoms with Crippen molar-refractivity contribution in [1.29, 1.82) is 0 Å². The smallest absolute Gasteiger partial charge is 0.314 e. The predicted octanol–water partition coefficient (Wildman–Crippen LogP) is 12.8. The average molecular weight is 667 g/mol. The first-order chi connectivity index (χ1) is 24.3. The third kappa shape index (κ3) is 6.73. The van der Waals surface area contributed by atoms with Gasteiger partial charge in [-0.2, -0.15) is 0 Å². The van der Waals surface area contributed by atoms with Gasteiger partial charge in [0, 0.05) is 21.5 Å². The first-order valence-corrected chi connectivity index (χ1v) is 18.6. The van der Waals surface area contributed by atoms with Crippen LogP contribution in [0.25, 0.3) is 54.2 Å². The van der Waals surface area contributed by atoms with E-state index >= 15 is 0 Å². The summed E-state index contributed by atoms with van der Waals surface area (Å²) in [6.07, 6.45) is 7.22. The Labute approximate surface area is 296 Å². The molecule has 0 aliphatic carbocycles. The minimum atomic E-state index is -0.164. The van der Waals surface area contributed by atoms with Crippen molar-refractivity contribution < 1.29 is 19.1 Å². The summed E-state index contributed by atoms with van der Waals surface area (Å²) in [6.45, 7) is 12.7. The molecule has 0 aliphatic rings. The van der Waals surface area contributed by atoms with Crippen molar-refractivity contribution in [1.82, 2.24) is 0 Å². The summed E-state index contributed by atoms with van der Waals surface area (Å²) < 4.78 is 12.9. The Morgan fingerprint density at radius 1 is 0.500 bits per heavy atom. The Hall–Kier alpha value is -4.70. The van der Waals surface area contributed by atoms with Gasteiger partial charge in [-0.15, -0.1) is 0 Å². The predicted molar refractivity (Wildman–Crippen MR) is 209 cm³/mol. The van der Waals surface area contributed by atoms with E-state index in [4.69, 9.17) is 9.47 Å². The summed E-state index contributed by atoms with van der Waals surface area (Å²) in [5.41, 5.74) is 4.40. The Morgan fingerprint density at radius 2 is 0.860 bits per heavy atom. The second kappa shape index (κ2) is 15.5. The Morgan fingerprint density at radius 3 is 1.22 bits per heavy atom. The number of hydrogen-bond donors (Lipinski definition) is 0. The third-order valence-corrected chi connectivity index (χ3v) is 10.4. The molecule has 0 radical (unpaired) electrons. The number of esters is 2. The van der Waals surface area contributed by atoms with Gasteiger partial charge in [0.15, 0.2) is 0 Å². The van der Waals surface area contributed by atoms with Gasteiger partial charge in [0.1, 0.15) is 11.5 Å². The molecule has 6 aromatic carbocycles. The van der Waals surface area contributed by atoms with E-state index in [2.05, 4.69) is 114 Å². The number of hydrogen-bond acceptors (Lipinski definition) is 4. The van der Waals surface area contributed by atoms with Crippen molar-refractivity contribution in [2.24, 2.45) is 11.8 Å². The molecule has 2 unspecified atom stereocenters. The van der Waals surface area contributed by atoms with Gasteiger partial charge >= 0.3 is 11.9 Å². The van der Waals surface area contributed by atoms with E-state index in [1.807, 2.05) is 12.1 Å². The molecule has 6 rings (SSSR count). The maximum Gasteiger partial charge on any atom is 0.314 e. The number of ether oxygens (including phenoxy) is 2. The number of aryl methyl sites for hydroxylation is 2. The van der Waals surface area contributed by atoms with E-state index < -0.39 is 0 Å². The van der Waals surface area contributed by atoms with Gasteiger partial charge in [0.2, 0.25) is 0 Å². The molecular formula is C46H50O4. The van der Waals surface area contributed by atoms with Gasteiger partial charge < -0.3 is 9.47 Å². The second-order valence-corrected chi connectivity index (χ2v) is 13.9. The number of carbonyl (C=O) groups is 2. The highest BCUT2D eigenvalue weighted by molar-refractivity contribution is 6.27. The molecule has 0 bridgehead atoms. The Balaban J connectivity index is 1.67. The molecule has 50 heavy (non-hydrogen) atoms. The van der Waals surface area contributed by atoms with Crippen LogP contribution in [0.1, 0.15) is 90.2 Å². The summed E-state index contributed by atoms with van der Waals surface area (Å²) in [6, 6.07) is 29.4. The Bertz CT molecular complexity index is 2040. The summed E-state index contributed by atoms with van der Waals surface area (Å²) in [7, 11) is 0. The fourth-order valence-electron chi connectivity index (χ4n) is 7.51. The lowest BCUT2D eigenvalue weighted by atomic mass is 9.84. The quantitative estimate of drug-likeness (QED) is 0.0699. The van der Waals surface area contributed by atoms with Gasteiger partial charge in [-0.25, -0.2) is 0 Å². The molecule has 0 fully saturated rings. The first kappa shape index (κ1) is 35.1. The maximum absolute atomic E-state index is 13.7. The van der Waals surface area contributed by atoms with E-state index in [1.54, 1.807) is 0 Å². The second-order valence-electron chi connectivity index (χ2n) is 13.9. The number of unbranched alkanes of at least 4 members (excludes halogenated alkanes) is 2. The summed E-state index contributed by atoms with van der Waals surface area (Å²) in [5, 5.41) is 7.69. The molecule has 2 atom stereocenters. The van der Waals surface area contributed by atoms with Crippen LogP contribution in [0.4, 0.5) is 0 Å². The third-order valence-electron chi connectivity index (χ3n) is 10.4. The van der Waals surface area contributed by atoms with Crippen molar-refractivity contribution >= 4 is 55.0 Å². The lowest BCUT2D eigenvalue weighted by molar-refractivity contribution is -0.140. The van der Waals surface area contributed by atoms with Gasteiger partial charge in [-0.1, -0.05) is 149 Å². The highest BCUT2D eigenvalue weighted by Crippen LogP contribution is 2.50. The highest BCUT2D eigenvalue weighted by Gasteiger charge is 2.27. The fourth-order valence-corrected chi connectivity index (χ4v) is 7.51. The van der Waals surface area contributed by atoms with Crippen molar-refractivity contribution in [3.8, 4) is 22.6 Å². The molecule has 0 saturated heterocycles. The van der Waals surface area contributed by atoms with Crippen LogP contribution >= 0.6 is 0 Å². The summed E-state index contributed by atoms with van der Waals surface area (Å²) in [5.74, 6) is 0.619. The van der Waals surface area contributed by atoms with Crippen LogP contribution in [0.5, 0.6) is 11.5 Å². The summed E-state index contributed by atoms with van der Waals surface area (Å²) in [4.78, 5) is 27.5. The van der Waals surface area contributed by atoms with Crippen LogP contribution in [0.15, 0.2) is 84.9 Å². The number of rotatable bonds is 13. The molecular weight excluding hydrogens is 617 g/mol. The normalized spacial score (nSPS) is 12.8. The van der Waals surface area contributed by atoms with E-state index in [0.29, 0.717) is 11.5 Å². The molecule has 0 N–H and O–H groups in total. The lowest BCUT2D eigenvalue weighted by Crippen LogP contribution is -2.20. The molecule has 6 aromatic rings. The van der Waals surface area contributed by atoms with Crippen molar-refractivity contribution in [2.75, 3.05) is 0 Å². The summed E-state index contributed by atoms with van der Waals surface area (Å²) >= 11 is 0. The molecule has 0 aromatic heterocycles. The standard InChI is InChI=1S/C46H50O4/c1-7-11-17-31(9-3)45(47)49-43-35-21-15-13-19-33(35)41(39-27-29(5)23-25-37(39)43)42-34-20-14-16-22-36(34)44(38-26-24-30(6)28-40(38)42)50-46(48)32(10-4)18-12-8-2/h13-16,19-28,31-32H,7-12,17-18H2,1-6H3. The van der Waals surface area contributed by atoms with Crippen LogP contribution in [0.3, 0.4) is 0 Å². The number of carbonyl (C=O) groups excluding carboxylic acids is 2. The molecule has 0 aliphatic heterocycles. The molecule has 4 nitrogen and oxygen atoms in total. The number of fused-ring (bicyclic) bond motifs is 4. The van der Waals surface area contributed by atoms with Gasteiger partial charge in [0.05, 0.1) is 11.8 Å². The van der Waals surface area contributed by atoms with Crippen LogP contribution in [-0.4, -0.2) is 11.9 Å². The van der Waals surface area contributed by atoms with Gasteiger partial charge in [0.25, 0.3) is 0 Å². The van der Waals surface area contributed by atoms with Crippen LogP contribution < -0.4 is 9.47 Å². The monoisotopic (exact) mass is 666 g/mol. The first-order valence-electron chi connectivity index (χ1n) is 18.6. The fraction of sp³-hybridized carbons (Fsp3) is 0.348. The van der Waals surface area contributed by atoms with Gasteiger partial charge in [-0.3, -0.25) is 9.59 Å². The van der Waals surface area contributed by atoms with Crippen LogP contribution in [0.2, 0.25) is 0 Å². The van der Waals surface area contributed by atoms with E-state index in [0.717, 1.165) is 117 Å². The Kier molecular flexibility index (Phi) is 10.9. The molecule has 0 saturated carbocycles. The molecule has 0 amide bonds. The number of benzene rings is 6. The lowest BCUT2D eigenvalue weighted by Gasteiger charge is -2.23. The minimum Gasteiger partial charge on any atom is -0.425 e. The van der Waals surface area contributed by atoms with Crippen molar-refractivity contribution in [3.05, 3.63) is 96.1 Å². The van der Waals surface area contributed by atoms with E-state index in [1.165, 1.54) is 0 Å². The SMILES string of the molecule is CCCCC(CC)C(=O)Oc1c2ccccc2c(-c2c3ccccc3c(OC(=O)C(CC)CCCC)c3ccc(C)cc23)c2cc(C)ccc12. The highest BCUT2D eigenvalue weighted by atomic mass is 16.5. The zero-order valence-corrected chi connectivity index (χ0v) is 30.5. The average Bonchev–Trinajstić information content (AvgIpc) is 3.12. The van der Waals surface area contributed by atoms with Gasteiger partial charge in [-0.05, 0) is 72.2 Å². The van der Waals surface area contributed by atoms with Crippen molar-refractivity contribution in [2.45, 2.75) is 92.9 Å². The van der Waals surface area contributed by atoms with Crippen molar-refractivity contribution in [3.63, 3.8) is 0 Å². The van der Waals surface area contributed by atoms with E-state index in [-0.39, 0.29) is 23.8 Å².